The summed E-state index contributed by atoms with van der Waals surface area (Å²) in [6, 6.07) is 8.70. The number of nitrogens with one attached hydrogen (secondary N) is 2. The third kappa shape index (κ3) is 3.86. The third-order valence-electron chi connectivity index (χ3n) is 2.99. The molecule has 0 aromatic heterocycles. The van der Waals surface area contributed by atoms with Crippen LogP contribution in [-0.2, 0) is 0 Å². The molecule has 2 heteroatoms. The van der Waals surface area contributed by atoms with Crippen LogP contribution in [0.5, 0.6) is 0 Å². The van der Waals surface area contributed by atoms with Gasteiger partial charge in [-0.15, -0.1) is 0 Å². The molecule has 0 saturated heterocycles. The second kappa shape index (κ2) is 5.35. The summed E-state index contributed by atoms with van der Waals surface area (Å²) in [5.74, 6) is 0.600. The van der Waals surface area contributed by atoms with Crippen molar-refractivity contribution in [1.29, 1.82) is 0 Å². The first kappa shape index (κ1) is 13.0. The quantitative estimate of drug-likeness (QED) is 0.796. The third-order valence-corrected chi connectivity index (χ3v) is 2.99. The number of hydrogen-bond acceptors (Lipinski definition) is 2. The maximum absolute atomic E-state index is 3.44. The molecule has 2 nitrogen and oxygen atoms in total. The van der Waals surface area contributed by atoms with Gasteiger partial charge in [0, 0.05) is 17.8 Å². The van der Waals surface area contributed by atoms with E-state index in [-0.39, 0.29) is 5.54 Å². The molecule has 0 radical (unpaired) electrons. The van der Waals surface area contributed by atoms with Crippen LogP contribution in [-0.4, -0.2) is 19.1 Å². The largest absolute Gasteiger partial charge is 0.383 e. The first-order valence-electron chi connectivity index (χ1n) is 5.97. The highest BCUT2D eigenvalue weighted by molar-refractivity contribution is 5.45. The molecule has 0 heterocycles. The number of hydrogen-bond donors (Lipinski definition) is 2. The molecule has 16 heavy (non-hydrogen) atoms. The summed E-state index contributed by atoms with van der Waals surface area (Å²) >= 11 is 0. The molecular formula is C14H24N2. The predicted molar refractivity (Wildman–Crippen MR) is 72.2 cm³/mol. The van der Waals surface area contributed by atoms with Gasteiger partial charge in [-0.3, -0.25) is 0 Å². The number of rotatable bonds is 5. The van der Waals surface area contributed by atoms with Crippen molar-refractivity contribution in [2.24, 2.45) is 0 Å². The fourth-order valence-electron chi connectivity index (χ4n) is 1.40. The lowest BCUT2D eigenvalue weighted by Gasteiger charge is -2.25. The standard InChI is InChI=1S/C14H24N2/c1-11(2)12-6-8-13(9-7-12)16-10-14(3,4)15-5/h6-9,11,15-16H,10H2,1-5H3. The summed E-state index contributed by atoms with van der Waals surface area (Å²) < 4.78 is 0. The number of benzene rings is 1. The normalized spacial score (nSPS) is 11.9. The Bertz CT molecular complexity index is 312. The molecular weight excluding hydrogens is 196 g/mol. The van der Waals surface area contributed by atoms with Crippen molar-refractivity contribution >= 4 is 5.69 Å². The molecule has 1 aromatic rings. The van der Waals surface area contributed by atoms with Crippen LogP contribution >= 0.6 is 0 Å². The van der Waals surface area contributed by atoms with Crippen LogP contribution in [0.2, 0.25) is 0 Å². The molecule has 0 spiro atoms. The van der Waals surface area contributed by atoms with E-state index in [0.717, 1.165) is 6.54 Å². The molecule has 2 N–H and O–H groups in total. The van der Waals surface area contributed by atoms with Gasteiger partial charge in [-0.05, 0) is 44.5 Å². The molecule has 0 saturated carbocycles. The second-order valence-electron chi connectivity index (χ2n) is 5.26. The topological polar surface area (TPSA) is 24.1 Å². The Morgan fingerprint density at radius 3 is 2.12 bits per heavy atom. The smallest absolute Gasteiger partial charge is 0.0340 e. The summed E-state index contributed by atoms with van der Waals surface area (Å²) in [6.45, 7) is 9.72. The SMILES string of the molecule is CNC(C)(C)CNc1ccc(C(C)C)cc1. The monoisotopic (exact) mass is 220 g/mol. The Hall–Kier alpha value is -1.02. The van der Waals surface area contributed by atoms with Crippen LogP contribution in [0, 0.1) is 0 Å². The molecule has 0 fully saturated rings. The fourth-order valence-corrected chi connectivity index (χ4v) is 1.40. The summed E-state index contributed by atoms with van der Waals surface area (Å²) in [7, 11) is 1.99. The average Bonchev–Trinajstić information content (AvgIpc) is 2.27. The first-order valence-corrected chi connectivity index (χ1v) is 5.97. The van der Waals surface area contributed by atoms with E-state index in [1.165, 1.54) is 11.3 Å². The highest BCUT2D eigenvalue weighted by Gasteiger charge is 2.13. The second-order valence-corrected chi connectivity index (χ2v) is 5.26. The van der Waals surface area contributed by atoms with E-state index >= 15 is 0 Å². The Balaban J connectivity index is 2.56. The van der Waals surface area contributed by atoms with Crippen molar-refractivity contribution in [2.45, 2.75) is 39.2 Å². The Morgan fingerprint density at radius 1 is 1.12 bits per heavy atom. The zero-order valence-corrected chi connectivity index (χ0v) is 11.1. The number of anilines is 1. The Kier molecular flexibility index (Phi) is 4.36. The minimum absolute atomic E-state index is 0.122. The van der Waals surface area contributed by atoms with E-state index in [9.17, 15) is 0 Å². The van der Waals surface area contributed by atoms with Crippen LogP contribution in [0.15, 0.2) is 24.3 Å². The van der Waals surface area contributed by atoms with Crippen LogP contribution in [0.4, 0.5) is 5.69 Å². The van der Waals surface area contributed by atoms with Crippen LogP contribution in [0.3, 0.4) is 0 Å². The molecule has 90 valence electrons. The van der Waals surface area contributed by atoms with E-state index in [4.69, 9.17) is 0 Å². The van der Waals surface area contributed by atoms with Crippen molar-refractivity contribution < 1.29 is 0 Å². The first-order chi connectivity index (χ1) is 7.44. The molecule has 0 bridgehead atoms. The van der Waals surface area contributed by atoms with E-state index in [2.05, 4.69) is 62.6 Å². The highest BCUT2D eigenvalue weighted by Crippen LogP contribution is 2.17. The Labute approximate surface area is 99.5 Å². The maximum atomic E-state index is 3.44. The lowest BCUT2D eigenvalue weighted by atomic mass is 10.0. The molecule has 0 aliphatic rings. The minimum Gasteiger partial charge on any atom is -0.383 e. The predicted octanol–water partition coefficient (Wildman–Crippen LogP) is 3.22. The van der Waals surface area contributed by atoms with Crippen LogP contribution < -0.4 is 10.6 Å². The van der Waals surface area contributed by atoms with E-state index in [1.54, 1.807) is 0 Å². The van der Waals surface area contributed by atoms with E-state index in [0.29, 0.717) is 5.92 Å². The van der Waals surface area contributed by atoms with Crippen LogP contribution in [0.1, 0.15) is 39.2 Å². The van der Waals surface area contributed by atoms with Crippen molar-refractivity contribution in [3.05, 3.63) is 29.8 Å². The number of likely N-dealkylation sites (N-methyl/N-ethyl adjacent to an activating group) is 1. The van der Waals surface area contributed by atoms with Gasteiger partial charge in [0.2, 0.25) is 0 Å². The van der Waals surface area contributed by atoms with Crippen LogP contribution in [0.25, 0.3) is 0 Å². The van der Waals surface area contributed by atoms with Crippen molar-refractivity contribution in [3.63, 3.8) is 0 Å². The van der Waals surface area contributed by atoms with Gasteiger partial charge >= 0.3 is 0 Å². The van der Waals surface area contributed by atoms with Crippen molar-refractivity contribution in [1.82, 2.24) is 5.32 Å². The van der Waals surface area contributed by atoms with Gasteiger partial charge in [0.15, 0.2) is 0 Å². The van der Waals surface area contributed by atoms with E-state index < -0.39 is 0 Å². The maximum Gasteiger partial charge on any atom is 0.0340 e. The highest BCUT2D eigenvalue weighted by atomic mass is 15.0. The van der Waals surface area contributed by atoms with Crippen molar-refractivity contribution in [2.75, 3.05) is 18.9 Å². The lowest BCUT2D eigenvalue weighted by Crippen LogP contribution is -2.42. The molecule has 0 aliphatic heterocycles. The van der Waals surface area contributed by atoms with Gasteiger partial charge in [-0.2, -0.15) is 0 Å². The summed E-state index contributed by atoms with van der Waals surface area (Å²) in [5.41, 5.74) is 2.70. The summed E-state index contributed by atoms with van der Waals surface area (Å²) in [5, 5.41) is 6.72. The zero-order valence-electron chi connectivity index (χ0n) is 11.1. The molecule has 0 aliphatic carbocycles. The molecule has 1 rings (SSSR count). The van der Waals surface area contributed by atoms with Gasteiger partial charge in [-0.25, -0.2) is 0 Å². The Morgan fingerprint density at radius 2 is 1.69 bits per heavy atom. The fraction of sp³-hybridized carbons (Fsp3) is 0.571. The zero-order chi connectivity index (χ0) is 12.2. The summed E-state index contributed by atoms with van der Waals surface area (Å²) in [6.07, 6.45) is 0. The van der Waals surface area contributed by atoms with Gasteiger partial charge < -0.3 is 10.6 Å². The van der Waals surface area contributed by atoms with Gasteiger partial charge in [0.25, 0.3) is 0 Å². The van der Waals surface area contributed by atoms with E-state index in [1.807, 2.05) is 7.05 Å². The minimum atomic E-state index is 0.122. The molecule has 0 amide bonds. The molecule has 0 unspecified atom stereocenters. The van der Waals surface area contributed by atoms with Gasteiger partial charge in [0.05, 0.1) is 0 Å². The molecule has 0 atom stereocenters. The lowest BCUT2D eigenvalue weighted by molar-refractivity contribution is 0.448. The average molecular weight is 220 g/mol. The summed E-state index contributed by atoms with van der Waals surface area (Å²) in [4.78, 5) is 0. The molecule has 1 aromatic carbocycles. The van der Waals surface area contributed by atoms with Gasteiger partial charge in [-0.1, -0.05) is 26.0 Å². The van der Waals surface area contributed by atoms with Gasteiger partial charge in [0.1, 0.15) is 0 Å². The van der Waals surface area contributed by atoms with Crippen molar-refractivity contribution in [3.8, 4) is 0 Å².